The summed E-state index contributed by atoms with van der Waals surface area (Å²) in [5, 5.41) is 23.5. The lowest BCUT2D eigenvalue weighted by Crippen LogP contribution is -2.70. The number of rotatable bonds is 9. The summed E-state index contributed by atoms with van der Waals surface area (Å²) in [5.41, 5.74) is 0. The molecule has 4 N–H and O–H groups in total. The average molecular weight is 543 g/mol. The highest BCUT2D eigenvalue weighted by Gasteiger charge is 2.65. The number of fused-ring (bicyclic) bond motifs is 2. The minimum absolute atomic E-state index is 0.100. The van der Waals surface area contributed by atoms with Gasteiger partial charge in [0.25, 0.3) is 0 Å². The van der Waals surface area contributed by atoms with Gasteiger partial charge in [-0.25, -0.2) is 9.59 Å². The molecule has 0 aromatic rings. The van der Waals surface area contributed by atoms with Gasteiger partial charge in [0, 0.05) is 22.3 Å². The maximum Gasteiger partial charge on any atom is 0.327 e. The summed E-state index contributed by atoms with van der Waals surface area (Å²) in [6.45, 7) is 7.05. The lowest BCUT2D eigenvalue weighted by molar-refractivity contribution is -0.161. The maximum atomic E-state index is 12.5. The number of carbonyl (C=O) groups is 6. The fourth-order valence-electron chi connectivity index (χ4n) is 5.35. The summed E-state index contributed by atoms with van der Waals surface area (Å²) in [6, 6.07) is -3.40. The van der Waals surface area contributed by atoms with Crippen molar-refractivity contribution in [2.24, 2.45) is 0 Å². The summed E-state index contributed by atoms with van der Waals surface area (Å²) in [5.74, 6) is -3.65. The largest absolute Gasteiger partial charge is 0.480 e. The first-order valence-electron chi connectivity index (χ1n) is 11.7. The first-order valence-corrected chi connectivity index (χ1v) is 13.5. The Morgan fingerprint density at radius 2 is 1.08 bits per heavy atom. The molecule has 36 heavy (non-hydrogen) atoms. The number of thioether (sulfide) groups is 2. The number of aliphatic carboxylic acids is 2. The third kappa shape index (κ3) is 4.31. The van der Waals surface area contributed by atoms with Gasteiger partial charge in [-0.1, -0.05) is 0 Å². The van der Waals surface area contributed by atoms with Crippen LogP contribution in [-0.2, 0) is 28.8 Å². The molecule has 0 aromatic carbocycles. The van der Waals surface area contributed by atoms with Crippen LogP contribution in [0.15, 0.2) is 0 Å². The van der Waals surface area contributed by atoms with E-state index < -0.39 is 68.2 Å². The van der Waals surface area contributed by atoms with Crippen LogP contribution in [0, 0.1) is 0 Å². The number of carbonyl (C=O) groups excluding carboxylic acids is 4. The Morgan fingerprint density at radius 1 is 0.750 bits per heavy atom. The minimum Gasteiger partial charge on any atom is -0.480 e. The van der Waals surface area contributed by atoms with Gasteiger partial charge in [0.05, 0.1) is 0 Å². The summed E-state index contributed by atoms with van der Waals surface area (Å²) in [4.78, 5) is 75.4. The van der Waals surface area contributed by atoms with Gasteiger partial charge in [-0.15, -0.1) is 23.5 Å². The fourth-order valence-corrected chi connectivity index (χ4v) is 8.60. The molecule has 0 unspecified atom stereocenters. The van der Waals surface area contributed by atoms with Crippen molar-refractivity contribution in [2.45, 2.75) is 97.8 Å². The molecule has 4 heterocycles. The van der Waals surface area contributed by atoms with Crippen LogP contribution in [-0.4, -0.2) is 100.0 Å². The molecule has 4 aliphatic rings. The molecule has 4 rings (SSSR count). The average Bonchev–Trinajstić information content (AvgIpc) is 3.18. The van der Waals surface area contributed by atoms with Gasteiger partial charge < -0.3 is 30.6 Å². The van der Waals surface area contributed by atoms with Crippen molar-refractivity contribution >= 4 is 59.1 Å². The minimum atomic E-state index is -1.07. The summed E-state index contributed by atoms with van der Waals surface area (Å²) < 4.78 is -1.34. The van der Waals surface area contributed by atoms with Gasteiger partial charge in [-0.2, -0.15) is 0 Å². The number of nitrogens with one attached hydrogen (secondary N) is 2. The van der Waals surface area contributed by atoms with Crippen LogP contribution >= 0.6 is 23.5 Å². The van der Waals surface area contributed by atoms with Gasteiger partial charge >= 0.3 is 11.9 Å². The molecule has 0 radical (unpaired) electrons. The molecule has 4 aliphatic heterocycles. The zero-order valence-electron chi connectivity index (χ0n) is 20.3. The molecule has 14 heteroatoms. The van der Waals surface area contributed by atoms with E-state index in [0.29, 0.717) is 12.8 Å². The topological polar surface area (TPSA) is 173 Å². The normalized spacial score (nSPS) is 33.2. The number of nitrogens with zero attached hydrogens (tertiary/aromatic N) is 2. The van der Waals surface area contributed by atoms with Gasteiger partial charge in [-0.3, -0.25) is 19.2 Å². The second-order valence-electron chi connectivity index (χ2n) is 10.5. The first-order chi connectivity index (χ1) is 16.7. The number of carboxylic acids is 2. The van der Waals surface area contributed by atoms with E-state index >= 15 is 0 Å². The van der Waals surface area contributed by atoms with E-state index in [-0.39, 0.29) is 24.7 Å². The predicted molar refractivity (Wildman–Crippen MR) is 130 cm³/mol. The Morgan fingerprint density at radius 3 is 1.39 bits per heavy atom. The number of β-lactam (4-membered cyclic amide) rings is 2. The molecule has 0 bridgehead atoms. The lowest BCUT2D eigenvalue weighted by Gasteiger charge is -2.43. The lowest BCUT2D eigenvalue weighted by atomic mass is 9.96. The first kappa shape index (κ1) is 26.6. The van der Waals surface area contributed by atoms with E-state index in [4.69, 9.17) is 0 Å². The number of hydrogen-bond donors (Lipinski definition) is 4. The quantitative estimate of drug-likeness (QED) is 0.226. The van der Waals surface area contributed by atoms with Crippen molar-refractivity contribution in [3.63, 3.8) is 0 Å². The third-order valence-electron chi connectivity index (χ3n) is 7.04. The molecule has 4 fully saturated rings. The van der Waals surface area contributed by atoms with Crippen LogP contribution < -0.4 is 10.6 Å². The third-order valence-corrected chi connectivity index (χ3v) is 10.2. The number of hydrogen-bond acceptors (Lipinski definition) is 8. The van der Waals surface area contributed by atoms with E-state index in [9.17, 15) is 39.0 Å². The van der Waals surface area contributed by atoms with Crippen LogP contribution in [0.5, 0.6) is 0 Å². The van der Waals surface area contributed by atoms with Gasteiger partial charge in [0.2, 0.25) is 23.6 Å². The zero-order valence-corrected chi connectivity index (χ0v) is 22.0. The molecule has 0 aliphatic carbocycles. The van der Waals surface area contributed by atoms with Crippen molar-refractivity contribution in [1.29, 1.82) is 0 Å². The Hall–Kier alpha value is -2.48. The van der Waals surface area contributed by atoms with Crippen molar-refractivity contribution in [3.05, 3.63) is 0 Å². The van der Waals surface area contributed by atoms with Crippen LogP contribution in [0.3, 0.4) is 0 Å². The Balaban J connectivity index is 1.18. The van der Waals surface area contributed by atoms with Gasteiger partial charge in [0.1, 0.15) is 34.9 Å². The molecule has 4 saturated heterocycles. The van der Waals surface area contributed by atoms with E-state index in [1.54, 1.807) is 27.7 Å². The van der Waals surface area contributed by atoms with Gasteiger partial charge in [0.15, 0.2) is 0 Å². The number of unbranched alkanes of at least 4 members (excludes halogenated alkanes) is 1. The van der Waals surface area contributed by atoms with Crippen molar-refractivity contribution in [2.75, 3.05) is 0 Å². The predicted octanol–water partition coefficient (Wildman–Crippen LogP) is -0.190. The van der Waals surface area contributed by atoms with Crippen molar-refractivity contribution in [1.82, 2.24) is 20.4 Å². The molecule has 6 atom stereocenters. The molecular weight excluding hydrogens is 512 g/mol. The second kappa shape index (κ2) is 9.12. The molecular formula is C22H30N4O8S2. The second-order valence-corrected chi connectivity index (χ2v) is 14.0. The summed E-state index contributed by atoms with van der Waals surface area (Å²) in [6.07, 6.45) is 0.983. The monoisotopic (exact) mass is 542 g/mol. The Labute approximate surface area is 216 Å². The highest BCUT2D eigenvalue weighted by Crippen LogP contribution is 2.51. The van der Waals surface area contributed by atoms with E-state index in [1.807, 2.05) is 0 Å². The summed E-state index contributed by atoms with van der Waals surface area (Å²) in [7, 11) is 0. The van der Waals surface area contributed by atoms with E-state index in [1.165, 1.54) is 33.3 Å². The Bertz CT molecular complexity index is 954. The standard InChI is InChI=1S/C22H30N4O8S2/c1-21(2)13(19(31)32)25-15(29)11(17(25)35-21)23-9(27)7-5-6-8-10(28)24-12-16(30)26-14(20(33)34)22(3,4)36-18(12)26/h11-14,17-18H,5-8H2,1-4H3,(H,23,27)(H,24,28)(H,31,32)(H,33,34)/t11-,12-,13+,14+,17-,18-/m1/s1. The molecule has 198 valence electrons. The number of amides is 4. The highest BCUT2D eigenvalue weighted by atomic mass is 32.2. The van der Waals surface area contributed by atoms with Crippen LogP contribution in [0.1, 0.15) is 53.4 Å². The van der Waals surface area contributed by atoms with Gasteiger partial charge in [-0.05, 0) is 40.5 Å². The van der Waals surface area contributed by atoms with E-state index in [0.717, 1.165) is 0 Å². The fraction of sp³-hybridized carbons (Fsp3) is 0.727. The van der Waals surface area contributed by atoms with Crippen molar-refractivity contribution < 1.29 is 39.0 Å². The van der Waals surface area contributed by atoms with Crippen LogP contribution in [0.2, 0.25) is 0 Å². The smallest absolute Gasteiger partial charge is 0.327 e. The Kier molecular flexibility index (Phi) is 6.73. The maximum absolute atomic E-state index is 12.5. The SMILES string of the molecule is CC1(C)S[C@@H]2[C@H](NC(=O)CCCCC(=O)N[C@@H]3C(=O)N4[C@@H]3SC(C)(C)[C@@H]4C(=O)O)C(=O)N2[C@H]1C(=O)O. The molecule has 12 nitrogen and oxygen atoms in total. The molecule has 0 aromatic heterocycles. The molecule has 0 saturated carbocycles. The van der Waals surface area contributed by atoms with Crippen LogP contribution in [0.25, 0.3) is 0 Å². The zero-order chi connectivity index (χ0) is 26.7. The van der Waals surface area contributed by atoms with Crippen molar-refractivity contribution in [3.8, 4) is 0 Å². The summed E-state index contributed by atoms with van der Waals surface area (Å²) >= 11 is 2.71. The van der Waals surface area contributed by atoms with Crippen LogP contribution in [0.4, 0.5) is 0 Å². The highest BCUT2D eigenvalue weighted by molar-refractivity contribution is 8.02. The molecule has 0 spiro atoms. The molecule has 4 amide bonds. The van der Waals surface area contributed by atoms with E-state index in [2.05, 4.69) is 10.6 Å². The number of carboxylic acid groups (broad SMARTS) is 2.